The van der Waals surface area contributed by atoms with Gasteiger partial charge in [0, 0.05) is 43.3 Å². The van der Waals surface area contributed by atoms with Crippen molar-refractivity contribution < 1.29 is 19.3 Å². The summed E-state index contributed by atoms with van der Waals surface area (Å²) in [5.74, 6) is 1.42. The van der Waals surface area contributed by atoms with E-state index in [9.17, 15) is 5.11 Å². The van der Waals surface area contributed by atoms with E-state index in [4.69, 9.17) is 14.2 Å². The molecule has 0 radical (unpaired) electrons. The van der Waals surface area contributed by atoms with Crippen LogP contribution in [0.5, 0.6) is 11.5 Å². The molecule has 33 heavy (non-hydrogen) atoms. The van der Waals surface area contributed by atoms with Gasteiger partial charge < -0.3 is 24.2 Å². The monoisotopic (exact) mass is 450 g/mol. The number of benzene rings is 2. The quantitative estimate of drug-likeness (QED) is 0.531. The van der Waals surface area contributed by atoms with Gasteiger partial charge in [0.1, 0.15) is 17.0 Å². The number of nitrogens with one attached hydrogen (secondary N) is 1. The molecule has 0 bridgehead atoms. The van der Waals surface area contributed by atoms with Gasteiger partial charge in [-0.05, 0) is 43.9 Å². The normalized spacial score (nSPS) is 22.2. The predicted molar refractivity (Wildman–Crippen MR) is 125 cm³/mol. The minimum Gasteiger partial charge on any atom is -0.488 e. The highest BCUT2D eigenvalue weighted by Gasteiger charge is 2.25. The van der Waals surface area contributed by atoms with Gasteiger partial charge in [-0.15, -0.1) is 0 Å². The van der Waals surface area contributed by atoms with Crippen LogP contribution in [-0.2, 0) is 4.74 Å². The molecule has 2 heterocycles. The Hall–Kier alpha value is -2.94. The number of hydrogen-bond acceptors (Lipinski definition) is 8. The van der Waals surface area contributed by atoms with Crippen molar-refractivity contribution in [2.45, 2.75) is 44.2 Å². The molecule has 2 aromatic carbocycles. The highest BCUT2D eigenvalue weighted by molar-refractivity contribution is 5.85. The Morgan fingerprint density at radius 2 is 1.76 bits per heavy atom. The van der Waals surface area contributed by atoms with Crippen LogP contribution in [0.15, 0.2) is 54.9 Å². The zero-order chi connectivity index (χ0) is 22.5. The van der Waals surface area contributed by atoms with Crippen LogP contribution in [0.3, 0.4) is 0 Å². The third kappa shape index (κ3) is 5.52. The van der Waals surface area contributed by atoms with Crippen LogP contribution in [0.4, 0.5) is 5.69 Å². The van der Waals surface area contributed by atoms with Gasteiger partial charge in [0.15, 0.2) is 0 Å². The second-order valence-electron chi connectivity index (χ2n) is 8.51. The molecule has 1 unspecified atom stereocenters. The van der Waals surface area contributed by atoms with Crippen molar-refractivity contribution in [2.75, 3.05) is 31.2 Å². The van der Waals surface area contributed by atoms with E-state index in [1.165, 1.54) is 0 Å². The number of ether oxygens (including phenoxy) is 3. The summed E-state index contributed by atoms with van der Waals surface area (Å²) in [7, 11) is 0. The lowest BCUT2D eigenvalue weighted by Crippen LogP contribution is -2.44. The fourth-order valence-corrected chi connectivity index (χ4v) is 4.51. The van der Waals surface area contributed by atoms with Crippen molar-refractivity contribution in [3.63, 3.8) is 0 Å². The zero-order valence-corrected chi connectivity index (χ0v) is 18.6. The van der Waals surface area contributed by atoms with E-state index in [1.807, 2.05) is 30.3 Å². The van der Waals surface area contributed by atoms with Gasteiger partial charge in [-0.2, -0.15) is 0 Å². The number of fused-ring (bicyclic) bond motifs is 1. The molecular formula is C25H30N4O4. The van der Waals surface area contributed by atoms with E-state index < -0.39 is 6.41 Å². The second kappa shape index (κ2) is 10.3. The van der Waals surface area contributed by atoms with E-state index in [-0.39, 0.29) is 12.1 Å². The molecule has 2 aliphatic rings. The Balaban J connectivity index is 1.21. The topological polar surface area (TPSA) is 89.0 Å². The molecule has 1 saturated carbocycles. The van der Waals surface area contributed by atoms with Crippen LogP contribution < -0.4 is 19.7 Å². The van der Waals surface area contributed by atoms with Crippen molar-refractivity contribution in [3.05, 3.63) is 54.9 Å². The van der Waals surface area contributed by atoms with Crippen LogP contribution >= 0.6 is 0 Å². The summed E-state index contributed by atoms with van der Waals surface area (Å²) < 4.78 is 17.5. The number of hydrogen-bond donors (Lipinski definition) is 2. The summed E-state index contributed by atoms with van der Waals surface area (Å²) in [6.45, 7) is 3.17. The van der Waals surface area contributed by atoms with Gasteiger partial charge in [0.05, 0.1) is 24.8 Å². The van der Waals surface area contributed by atoms with Crippen molar-refractivity contribution >= 4 is 16.7 Å². The van der Waals surface area contributed by atoms with Gasteiger partial charge in [0.2, 0.25) is 0 Å². The molecule has 2 fully saturated rings. The van der Waals surface area contributed by atoms with Gasteiger partial charge in [-0.3, -0.25) is 10.3 Å². The van der Waals surface area contributed by atoms with Crippen LogP contribution in [0.25, 0.3) is 11.0 Å². The first-order valence-corrected chi connectivity index (χ1v) is 11.6. The molecule has 1 atom stereocenters. The Morgan fingerprint density at radius 1 is 1.00 bits per heavy atom. The highest BCUT2D eigenvalue weighted by atomic mass is 16.6. The summed E-state index contributed by atoms with van der Waals surface area (Å²) in [6.07, 6.45) is 6.06. The largest absolute Gasteiger partial charge is 0.488 e. The summed E-state index contributed by atoms with van der Waals surface area (Å²) in [6, 6.07) is 13.7. The maximum Gasteiger partial charge on any atom is 0.257 e. The van der Waals surface area contributed by atoms with E-state index in [2.05, 4.69) is 32.3 Å². The minimum absolute atomic E-state index is 0.0976. The summed E-state index contributed by atoms with van der Waals surface area (Å²) in [5.41, 5.74) is 2.73. The van der Waals surface area contributed by atoms with Gasteiger partial charge in [-0.25, -0.2) is 4.98 Å². The standard InChI is InChI=1S/C25H30N4O4/c30-25(33-20-4-2-1-3-5-20)28-18-6-8-21(9-7-18)32-23-17-19(29-12-14-31-15-13-29)16-22-24(23)27-11-10-26-22/h1-5,10-11,16-18,21,25,28,30H,6-9,12-15H2/t18-,21+,25?. The third-order valence-corrected chi connectivity index (χ3v) is 6.24. The van der Waals surface area contributed by atoms with Gasteiger partial charge in [-0.1, -0.05) is 18.2 Å². The molecule has 0 amide bonds. The molecule has 8 heteroatoms. The maximum atomic E-state index is 10.2. The molecular weight excluding hydrogens is 420 g/mol. The number of nitrogens with zero attached hydrogens (tertiary/aromatic N) is 3. The van der Waals surface area contributed by atoms with Crippen molar-refractivity contribution in [2.24, 2.45) is 0 Å². The van der Waals surface area contributed by atoms with Crippen LogP contribution in [0, 0.1) is 0 Å². The molecule has 3 aromatic rings. The predicted octanol–water partition coefficient (Wildman–Crippen LogP) is 3.10. The average Bonchev–Trinajstić information content (AvgIpc) is 2.86. The first-order valence-electron chi connectivity index (χ1n) is 11.6. The lowest BCUT2D eigenvalue weighted by molar-refractivity contribution is -0.0570. The summed E-state index contributed by atoms with van der Waals surface area (Å²) >= 11 is 0. The number of aliphatic hydroxyl groups is 1. The number of para-hydroxylation sites is 1. The number of morpholine rings is 1. The second-order valence-corrected chi connectivity index (χ2v) is 8.51. The first kappa shape index (κ1) is 21.9. The fourth-order valence-electron chi connectivity index (χ4n) is 4.51. The van der Waals surface area contributed by atoms with E-state index >= 15 is 0 Å². The lowest BCUT2D eigenvalue weighted by atomic mass is 9.93. The van der Waals surface area contributed by atoms with E-state index in [0.29, 0.717) is 5.75 Å². The maximum absolute atomic E-state index is 10.2. The smallest absolute Gasteiger partial charge is 0.257 e. The lowest BCUT2D eigenvalue weighted by Gasteiger charge is -2.32. The highest BCUT2D eigenvalue weighted by Crippen LogP contribution is 2.33. The van der Waals surface area contributed by atoms with E-state index in [1.54, 1.807) is 12.4 Å². The molecule has 1 aliphatic heterocycles. The van der Waals surface area contributed by atoms with Gasteiger partial charge in [0.25, 0.3) is 6.41 Å². The first-order chi connectivity index (χ1) is 16.2. The molecule has 5 rings (SSSR count). The van der Waals surface area contributed by atoms with Crippen molar-refractivity contribution in [1.82, 2.24) is 15.3 Å². The average molecular weight is 451 g/mol. The molecule has 1 aromatic heterocycles. The van der Waals surface area contributed by atoms with Gasteiger partial charge >= 0.3 is 0 Å². The van der Waals surface area contributed by atoms with Crippen molar-refractivity contribution in [1.29, 1.82) is 0 Å². The fraction of sp³-hybridized carbons (Fsp3) is 0.440. The molecule has 8 nitrogen and oxygen atoms in total. The van der Waals surface area contributed by atoms with Crippen LogP contribution in [-0.4, -0.2) is 59.9 Å². The zero-order valence-electron chi connectivity index (χ0n) is 18.6. The summed E-state index contributed by atoms with van der Waals surface area (Å²) in [4.78, 5) is 11.4. The molecule has 2 N–H and O–H groups in total. The summed E-state index contributed by atoms with van der Waals surface area (Å²) in [5, 5.41) is 13.4. The Bertz CT molecular complexity index is 1040. The minimum atomic E-state index is -1.03. The third-order valence-electron chi connectivity index (χ3n) is 6.24. The number of anilines is 1. The molecule has 1 aliphatic carbocycles. The van der Waals surface area contributed by atoms with Crippen LogP contribution in [0.1, 0.15) is 25.7 Å². The number of rotatable bonds is 7. The molecule has 1 saturated heterocycles. The molecule has 0 spiro atoms. The SMILES string of the molecule is OC(N[C@H]1CC[C@@H](Oc2cc(N3CCOCC3)cc3nccnc23)CC1)Oc1ccccc1. The van der Waals surface area contributed by atoms with E-state index in [0.717, 1.165) is 74.5 Å². The number of aliphatic hydroxyl groups excluding tert-OH is 1. The van der Waals surface area contributed by atoms with Crippen molar-refractivity contribution in [3.8, 4) is 11.5 Å². The Kier molecular flexibility index (Phi) is 6.85. The number of aromatic nitrogens is 2. The van der Waals surface area contributed by atoms with Crippen LogP contribution in [0.2, 0.25) is 0 Å². The molecule has 174 valence electrons. The Morgan fingerprint density at radius 3 is 2.55 bits per heavy atom. The Labute approximate surface area is 193 Å².